The van der Waals surface area contributed by atoms with Crippen molar-refractivity contribution in [1.82, 2.24) is 8.96 Å². The van der Waals surface area contributed by atoms with Gasteiger partial charge >= 0.3 is 0 Å². The summed E-state index contributed by atoms with van der Waals surface area (Å²) in [5, 5.41) is 2.77. The van der Waals surface area contributed by atoms with E-state index in [0.717, 1.165) is 25.9 Å². The highest BCUT2D eigenvalue weighted by atomic mass is 79.9. The zero-order valence-electron chi connectivity index (χ0n) is 13.5. The Bertz CT molecular complexity index is 1190. The largest absolute Gasteiger partial charge is 0.326 e. The van der Waals surface area contributed by atoms with Crippen molar-refractivity contribution in [2.45, 2.75) is 11.4 Å². The fraction of sp³-hybridized carbons (Fsp3) is 0.0556. The zero-order valence-corrected chi connectivity index (χ0v) is 16.7. The van der Waals surface area contributed by atoms with E-state index < -0.39 is 10.0 Å². The van der Waals surface area contributed by atoms with E-state index >= 15 is 0 Å². The number of fused-ring (bicyclic) bond motifs is 1. The van der Waals surface area contributed by atoms with Crippen LogP contribution in [0.2, 0.25) is 0 Å². The molecule has 8 heteroatoms. The van der Waals surface area contributed by atoms with E-state index in [1.807, 2.05) is 17.5 Å². The van der Waals surface area contributed by atoms with Crippen LogP contribution in [0.15, 0.2) is 69.6 Å². The first-order chi connectivity index (χ1) is 12.5. The summed E-state index contributed by atoms with van der Waals surface area (Å²) in [7, 11) is -3.74. The van der Waals surface area contributed by atoms with E-state index in [1.165, 1.54) is 3.97 Å². The number of benzene rings is 1. The third-order valence-electron chi connectivity index (χ3n) is 4.13. The lowest BCUT2D eigenvalue weighted by Gasteiger charge is -2.08. The van der Waals surface area contributed by atoms with E-state index in [0.29, 0.717) is 12.2 Å². The Morgan fingerprint density at radius 3 is 2.54 bits per heavy atom. The van der Waals surface area contributed by atoms with Crippen LogP contribution in [0.3, 0.4) is 0 Å². The molecule has 0 amide bonds. The van der Waals surface area contributed by atoms with Gasteiger partial charge < -0.3 is 5.73 Å². The first-order valence-corrected chi connectivity index (χ1v) is 10.9. The maximum Gasteiger partial charge on any atom is 0.269 e. The molecule has 0 fully saturated rings. The second-order valence-electron chi connectivity index (χ2n) is 5.66. The predicted octanol–water partition coefficient (Wildman–Crippen LogP) is 4.22. The number of nitrogens with zero attached hydrogens (tertiary/aromatic N) is 2. The zero-order chi connectivity index (χ0) is 18.3. The number of halogens is 1. The second-order valence-corrected chi connectivity index (χ2v) is 9.24. The molecule has 2 N–H and O–H groups in total. The summed E-state index contributed by atoms with van der Waals surface area (Å²) in [5.74, 6) is 0. The molecule has 0 unspecified atom stereocenters. The van der Waals surface area contributed by atoms with Crippen molar-refractivity contribution in [1.29, 1.82) is 0 Å². The van der Waals surface area contributed by atoms with Crippen molar-refractivity contribution >= 4 is 48.3 Å². The summed E-state index contributed by atoms with van der Waals surface area (Å²) in [4.78, 5) is 5.57. The Kier molecular flexibility index (Phi) is 4.44. The minimum atomic E-state index is -3.74. The highest BCUT2D eigenvalue weighted by Crippen LogP contribution is 2.37. The highest BCUT2D eigenvalue weighted by Gasteiger charge is 2.21. The Labute approximate surface area is 163 Å². The fourth-order valence-corrected chi connectivity index (χ4v) is 5.73. The van der Waals surface area contributed by atoms with E-state index in [1.54, 1.807) is 54.1 Å². The molecule has 3 heterocycles. The molecule has 0 atom stereocenters. The molecule has 0 aliphatic heterocycles. The lowest BCUT2D eigenvalue weighted by molar-refractivity contribution is 0.588. The number of hydrogen-bond donors (Lipinski definition) is 1. The van der Waals surface area contributed by atoms with Gasteiger partial charge in [-0.05, 0) is 57.2 Å². The minimum absolute atomic E-state index is 0.205. The first kappa shape index (κ1) is 17.4. The molecule has 0 saturated carbocycles. The maximum absolute atomic E-state index is 13.1. The van der Waals surface area contributed by atoms with Gasteiger partial charge in [-0.2, -0.15) is 0 Å². The number of aromatic nitrogens is 2. The average Bonchev–Trinajstić information content (AvgIpc) is 3.28. The standard InChI is InChI=1S/C18H14BrN3O2S2/c19-16-7-10-25-17(16)14-5-8-21-18-15(14)6-9-22(18)26(23,24)13-3-1-12(11-20)2-4-13/h1-10H,11,20H2. The van der Waals surface area contributed by atoms with Gasteiger partial charge in [0.1, 0.15) is 0 Å². The Morgan fingerprint density at radius 1 is 1.12 bits per heavy atom. The summed E-state index contributed by atoms with van der Waals surface area (Å²) in [6.45, 7) is 0.368. The topological polar surface area (TPSA) is 78.0 Å². The van der Waals surface area contributed by atoms with Crippen molar-refractivity contribution in [2.75, 3.05) is 0 Å². The maximum atomic E-state index is 13.1. The van der Waals surface area contributed by atoms with Gasteiger partial charge in [0, 0.05) is 39.2 Å². The monoisotopic (exact) mass is 447 g/mol. The minimum Gasteiger partial charge on any atom is -0.326 e. The smallest absolute Gasteiger partial charge is 0.269 e. The summed E-state index contributed by atoms with van der Waals surface area (Å²) in [6, 6.07) is 12.2. The van der Waals surface area contributed by atoms with Crippen LogP contribution >= 0.6 is 27.3 Å². The van der Waals surface area contributed by atoms with Crippen molar-refractivity contribution < 1.29 is 8.42 Å². The average molecular weight is 448 g/mol. The van der Waals surface area contributed by atoms with E-state index in [-0.39, 0.29) is 4.90 Å². The highest BCUT2D eigenvalue weighted by molar-refractivity contribution is 9.10. The molecule has 0 aliphatic carbocycles. The van der Waals surface area contributed by atoms with Gasteiger partial charge in [0.25, 0.3) is 10.0 Å². The van der Waals surface area contributed by atoms with Gasteiger partial charge in [-0.25, -0.2) is 17.4 Å². The van der Waals surface area contributed by atoms with Gasteiger partial charge in [-0.1, -0.05) is 12.1 Å². The molecule has 0 saturated heterocycles. The summed E-state index contributed by atoms with van der Waals surface area (Å²) in [5.41, 5.74) is 7.82. The summed E-state index contributed by atoms with van der Waals surface area (Å²) < 4.78 is 28.3. The Hall–Kier alpha value is -2.00. The third-order valence-corrected chi connectivity index (χ3v) is 7.68. The molecule has 0 spiro atoms. The first-order valence-electron chi connectivity index (χ1n) is 7.76. The van der Waals surface area contributed by atoms with Crippen LogP contribution in [-0.4, -0.2) is 17.4 Å². The van der Waals surface area contributed by atoms with E-state index in [2.05, 4.69) is 20.9 Å². The second kappa shape index (κ2) is 6.62. The van der Waals surface area contributed by atoms with Crippen LogP contribution in [0.25, 0.3) is 21.5 Å². The molecule has 0 aliphatic rings. The van der Waals surface area contributed by atoms with Crippen molar-refractivity contribution in [3.05, 3.63) is 70.3 Å². The SMILES string of the molecule is NCc1ccc(S(=O)(=O)n2ccc3c(-c4sccc4Br)ccnc32)cc1. The Balaban J connectivity index is 1.89. The number of rotatable bonds is 4. The summed E-state index contributed by atoms with van der Waals surface area (Å²) >= 11 is 5.13. The molecular formula is C18H14BrN3O2S2. The molecule has 132 valence electrons. The van der Waals surface area contributed by atoms with Gasteiger partial charge in [0.05, 0.1) is 4.90 Å². The fourth-order valence-electron chi connectivity index (χ4n) is 2.80. The number of hydrogen-bond acceptors (Lipinski definition) is 5. The van der Waals surface area contributed by atoms with Crippen LogP contribution in [0.4, 0.5) is 0 Å². The van der Waals surface area contributed by atoms with Gasteiger partial charge in [0.15, 0.2) is 5.65 Å². The van der Waals surface area contributed by atoms with E-state index in [4.69, 9.17) is 5.73 Å². The van der Waals surface area contributed by atoms with Crippen molar-refractivity contribution in [3.63, 3.8) is 0 Å². The molecule has 26 heavy (non-hydrogen) atoms. The predicted molar refractivity (Wildman–Crippen MR) is 108 cm³/mol. The third kappa shape index (κ3) is 2.79. The molecule has 0 bridgehead atoms. The van der Waals surface area contributed by atoms with Crippen LogP contribution in [-0.2, 0) is 16.6 Å². The van der Waals surface area contributed by atoms with Gasteiger partial charge in [0.2, 0.25) is 0 Å². The molecule has 3 aromatic heterocycles. The molecular weight excluding hydrogens is 434 g/mol. The van der Waals surface area contributed by atoms with Crippen LogP contribution in [0, 0.1) is 0 Å². The molecule has 1 aromatic carbocycles. The van der Waals surface area contributed by atoms with Crippen molar-refractivity contribution in [3.8, 4) is 10.4 Å². The van der Waals surface area contributed by atoms with Crippen LogP contribution in [0.1, 0.15) is 5.56 Å². The van der Waals surface area contributed by atoms with Crippen LogP contribution in [0.5, 0.6) is 0 Å². The lowest BCUT2D eigenvalue weighted by atomic mass is 10.1. The number of nitrogens with two attached hydrogens (primary N) is 1. The number of pyridine rings is 1. The molecule has 4 rings (SSSR count). The summed E-state index contributed by atoms with van der Waals surface area (Å²) in [6.07, 6.45) is 3.18. The van der Waals surface area contributed by atoms with Gasteiger partial charge in [-0.15, -0.1) is 11.3 Å². The molecule has 4 aromatic rings. The Morgan fingerprint density at radius 2 is 1.88 bits per heavy atom. The van der Waals surface area contributed by atoms with Crippen LogP contribution < -0.4 is 5.73 Å². The molecule has 5 nitrogen and oxygen atoms in total. The van der Waals surface area contributed by atoms with E-state index in [9.17, 15) is 8.42 Å². The normalized spacial score (nSPS) is 11.9. The molecule has 0 radical (unpaired) electrons. The lowest BCUT2D eigenvalue weighted by Crippen LogP contribution is -2.12. The quantitative estimate of drug-likeness (QED) is 0.507. The number of thiophene rings is 1. The van der Waals surface area contributed by atoms with Gasteiger partial charge in [-0.3, -0.25) is 0 Å². The van der Waals surface area contributed by atoms with Crippen molar-refractivity contribution in [2.24, 2.45) is 5.73 Å².